The number of carbonyl (C=O) groups is 1. The summed E-state index contributed by atoms with van der Waals surface area (Å²) in [5, 5.41) is 2.77. The van der Waals surface area contributed by atoms with Crippen molar-refractivity contribution < 1.29 is 22.4 Å². The van der Waals surface area contributed by atoms with Crippen LogP contribution in [0.2, 0.25) is 0 Å². The van der Waals surface area contributed by atoms with Crippen LogP contribution in [0.1, 0.15) is 30.8 Å². The molecular weight excluding hydrogens is 320 g/mol. The zero-order valence-electron chi connectivity index (χ0n) is 12.0. The minimum Gasteiger partial charge on any atom is -0.460 e. The van der Waals surface area contributed by atoms with Gasteiger partial charge in [-0.3, -0.25) is 0 Å². The van der Waals surface area contributed by atoms with E-state index in [1.807, 2.05) is 6.92 Å². The van der Waals surface area contributed by atoms with Crippen molar-refractivity contribution in [2.75, 3.05) is 26.2 Å². The van der Waals surface area contributed by atoms with Gasteiger partial charge in [0.25, 0.3) is 10.0 Å². The van der Waals surface area contributed by atoms with Gasteiger partial charge in [0.15, 0.2) is 0 Å². The van der Waals surface area contributed by atoms with E-state index in [4.69, 9.17) is 9.15 Å². The predicted molar refractivity (Wildman–Crippen MR) is 80.3 cm³/mol. The highest BCUT2D eigenvalue weighted by Gasteiger charge is 2.21. The number of hydrogen-bond acceptors (Lipinski definition) is 6. The maximum absolute atomic E-state index is 11.9. The van der Waals surface area contributed by atoms with Crippen LogP contribution in [0.4, 0.5) is 0 Å². The van der Waals surface area contributed by atoms with Crippen LogP contribution in [0.3, 0.4) is 0 Å². The number of halogens is 1. The van der Waals surface area contributed by atoms with Gasteiger partial charge in [-0.25, -0.2) is 17.9 Å². The van der Waals surface area contributed by atoms with E-state index in [-0.39, 0.29) is 36.4 Å². The van der Waals surface area contributed by atoms with E-state index in [0.29, 0.717) is 6.54 Å². The number of ether oxygens (including phenoxy) is 1. The van der Waals surface area contributed by atoms with Crippen molar-refractivity contribution >= 4 is 28.4 Å². The summed E-state index contributed by atoms with van der Waals surface area (Å²) in [6, 6.07) is 2.51. The zero-order valence-corrected chi connectivity index (χ0v) is 13.7. The van der Waals surface area contributed by atoms with Crippen LogP contribution in [0.5, 0.6) is 0 Å². The molecule has 0 saturated heterocycles. The average molecular weight is 341 g/mol. The van der Waals surface area contributed by atoms with Gasteiger partial charge < -0.3 is 14.5 Å². The van der Waals surface area contributed by atoms with Gasteiger partial charge in [-0.2, -0.15) is 0 Å². The van der Waals surface area contributed by atoms with Gasteiger partial charge in [0.2, 0.25) is 10.9 Å². The third-order valence-corrected chi connectivity index (χ3v) is 3.68. The first kappa shape index (κ1) is 19.9. The molecule has 0 aliphatic carbocycles. The van der Waals surface area contributed by atoms with Crippen molar-refractivity contribution in [1.82, 2.24) is 10.0 Å². The Balaban J connectivity index is 0.00000400. The van der Waals surface area contributed by atoms with E-state index in [1.165, 1.54) is 12.1 Å². The zero-order chi connectivity index (χ0) is 15.0. The molecule has 0 spiro atoms. The Hall–Kier alpha value is -1.09. The first-order valence-corrected chi connectivity index (χ1v) is 7.97. The first-order chi connectivity index (χ1) is 9.51. The number of carbonyl (C=O) groups excluding carboxylic acids is 1. The van der Waals surface area contributed by atoms with E-state index >= 15 is 0 Å². The van der Waals surface area contributed by atoms with Crippen LogP contribution in [0, 0.1) is 0 Å². The first-order valence-electron chi connectivity index (χ1n) is 6.48. The molecule has 1 rings (SSSR count). The number of esters is 1. The fourth-order valence-electron chi connectivity index (χ4n) is 1.42. The second kappa shape index (κ2) is 9.78. The monoisotopic (exact) mass is 340 g/mol. The van der Waals surface area contributed by atoms with Crippen LogP contribution in [0.15, 0.2) is 21.6 Å². The fraction of sp³-hybridized carbons (Fsp3) is 0.583. The topological polar surface area (TPSA) is 97.6 Å². The van der Waals surface area contributed by atoms with Crippen LogP contribution < -0.4 is 10.0 Å². The maximum Gasteiger partial charge on any atom is 0.374 e. The van der Waals surface area contributed by atoms with Crippen molar-refractivity contribution in [3.63, 3.8) is 0 Å². The molecule has 21 heavy (non-hydrogen) atoms. The molecule has 0 bridgehead atoms. The van der Waals surface area contributed by atoms with E-state index in [9.17, 15) is 13.2 Å². The van der Waals surface area contributed by atoms with Crippen molar-refractivity contribution in [2.45, 2.75) is 25.4 Å². The molecule has 7 nitrogen and oxygen atoms in total. The normalized spacial score (nSPS) is 11.0. The summed E-state index contributed by atoms with van der Waals surface area (Å²) in [7, 11) is -3.74. The standard InChI is InChI=1S/C12H20N2O5S.ClH/c1-3-7-13-8-9-14-20(16,17)11-6-5-10(19-11)12(15)18-4-2;/h5-6,13-14H,3-4,7-9H2,1-2H3;1H. The molecule has 0 unspecified atom stereocenters. The van der Waals surface area contributed by atoms with Crippen LogP contribution >= 0.6 is 12.4 Å². The minimum absolute atomic E-state index is 0. The quantitative estimate of drug-likeness (QED) is 0.517. The number of sulfonamides is 1. The van der Waals surface area contributed by atoms with Crippen molar-refractivity contribution in [1.29, 1.82) is 0 Å². The lowest BCUT2D eigenvalue weighted by Crippen LogP contribution is -2.32. The van der Waals surface area contributed by atoms with Crippen molar-refractivity contribution in [3.05, 3.63) is 17.9 Å². The van der Waals surface area contributed by atoms with Crippen molar-refractivity contribution in [3.8, 4) is 0 Å². The summed E-state index contributed by atoms with van der Waals surface area (Å²) in [5.41, 5.74) is 0. The van der Waals surface area contributed by atoms with Crippen LogP contribution in [-0.4, -0.2) is 40.6 Å². The number of hydrogen-bond donors (Lipinski definition) is 2. The summed E-state index contributed by atoms with van der Waals surface area (Å²) >= 11 is 0. The Morgan fingerprint density at radius 3 is 2.57 bits per heavy atom. The smallest absolute Gasteiger partial charge is 0.374 e. The van der Waals surface area contributed by atoms with E-state index in [0.717, 1.165) is 13.0 Å². The van der Waals surface area contributed by atoms with Gasteiger partial charge in [0, 0.05) is 13.1 Å². The Morgan fingerprint density at radius 1 is 1.24 bits per heavy atom. The Kier molecular flexibility index (Phi) is 9.27. The van der Waals surface area contributed by atoms with Gasteiger partial charge >= 0.3 is 5.97 Å². The third-order valence-electron chi connectivity index (χ3n) is 2.34. The molecule has 0 saturated carbocycles. The van der Waals surface area contributed by atoms with Gasteiger partial charge in [0.05, 0.1) is 6.61 Å². The van der Waals surface area contributed by atoms with Crippen LogP contribution in [-0.2, 0) is 14.8 Å². The summed E-state index contributed by atoms with van der Waals surface area (Å²) in [4.78, 5) is 11.4. The molecular formula is C12H21ClN2O5S. The summed E-state index contributed by atoms with van der Waals surface area (Å²) < 4.78 is 35.8. The largest absolute Gasteiger partial charge is 0.460 e. The Bertz CT molecular complexity index is 530. The van der Waals surface area contributed by atoms with Crippen molar-refractivity contribution in [2.24, 2.45) is 0 Å². The molecule has 0 radical (unpaired) electrons. The summed E-state index contributed by atoms with van der Waals surface area (Å²) in [6.45, 7) is 5.48. The predicted octanol–water partition coefficient (Wildman–Crippen LogP) is 1.16. The molecule has 1 heterocycles. The molecule has 1 aromatic rings. The van der Waals surface area contributed by atoms with E-state index < -0.39 is 16.0 Å². The van der Waals surface area contributed by atoms with Gasteiger partial charge in [-0.1, -0.05) is 6.92 Å². The number of furan rings is 1. The molecule has 0 aliphatic heterocycles. The SMILES string of the molecule is CCCNCCNS(=O)(=O)c1ccc(C(=O)OCC)o1.Cl. The molecule has 0 aromatic carbocycles. The van der Waals surface area contributed by atoms with Crippen LogP contribution in [0.25, 0.3) is 0 Å². The Labute approximate surface area is 130 Å². The van der Waals surface area contributed by atoms with Gasteiger partial charge in [-0.05, 0) is 32.0 Å². The average Bonchev–Trinajstić information content (AvgIpc) is 2.89. The lowest BCUT2D eigenvalue weighted by molar-refractivity contribution is 0.0484. The highest BCUT2D eigenvalue weighted by molar-refractivity contribution is 7.89. The lowest BCUT2D eigenvalue weighted by atomic mass is 10.5. The molecule has 0 atom stereocenters. The van der Waals surface area contributed by atoms with Gasteiger partial charge in [0.1, 0.15) is 0 Å². The van der Waals surface area contributed by atoms with E-state index in [2.05, 4.69) is 10.0 Å². The fourth-order valence-corrected chi connectivity index (χ4v) is 2.38. The molecule has 0 aliphatic rings. The van der Waals surface area contributed by atoms with E-state index in [1.54, 1.807) is 6.92 Å². The highest BCUT2D eigenvalue weighted by atomic mass is 35.5. The summed E-state index contributed by atoms with van der Waals surface area (Å²) in [6.07, 6.45) is 0.980. The molecule has 0 amide bonds. The number of rotatable bonds is 9. The maximum atomic E-state index is 11.9. The lowest BCUT2D eigenvalue weighted by Gasteiger charge is -2.05. The molecule has 9 heteroatoms. The Morgan fingerprint density at radius 2 is 1.95 bits per heavy atom. The molecule has 122 valence electrons. The second-order valence-corrected chi connectivity index (χ2v) is 5.68. The third kappa shape index (κ3) is 6.47. The number of nitrogens with one attached hydrogen (secondary N) is 2. The highest BCUT2D eigenvalue weighted by Crippen LogP contribution is 2.14. The molecule has 1 aromatic heterocycles. The molecule has 2 N–H and O–H groups in total. The minimum atomic E-state index is -3.74. The second-order valence-electron chi connectivity index (χ2n) is 3.99. The van der Waals surface area contributed by atoms with Gasteiger partial charge in [-0.15, -0.1) is 12.4 Å². The summed E-state index contributed by atoms with van der Waals surface area (Å²) in [5.74, 6) is -0.810. The molecule has 0 fully saturated rings.